The largest absolute Gasteiger partial charge is 0.493 e. The van der Waals surface area contributed by atoms with E-state index in [9.17, 15) is 9.59 Å². The summed E-state index contributed by atoms with van der Waals surface area (Å²) in [7, 11) is 3.23. The zero-order valence-corrected chi connectivity index (χ0v) is 15.6. The van der Waals surface area contributed by atoms with Crippen LogP contribution in [-0.4, -0.2) is 43.1 Å². The van der Waals surface area contributed by atoms with Gasteiger partial charge in [-0.05, 0) is 38.0 Å². The van der Waals surface area contributed by atoms with E-state index in [1.807, 2.05) is 31.2 Å². The van der Waals surface area contributed by atoms with Gasteiger partial charge in [-0.3, -0.25) is 9.59 Å². The summed E-state index contributed by atoms with van der Waals surface area (Å²) < 4.78 is 10.9. The first-order valence-electron chi connectivity index (χ1n) is 8.67. The highest BCUT2D eigenvalue weighted by atomic mass is 16.5. The summed E-state index contributed by atoms with van der Waals surface area (Å²) in [6, 6.07) is 7.61. The molecule has 2 aromatic rings. The molecule has 0 saturated carbocycles. The Bertz CT molecular complexity index is 888. The third kappa shape index (κ3) is 3.19. The maximum atomic E-state index is 12.9. The summed E-state index contributed by atoms with van der Waals surface area (Å²) in [6.45, 7) is 4.77. The van der Waals surface area contributed by atoms with Gasteiger partial charge in [0.2, 0.25) is 0 Å². The second-order valence-corrected chi connectivity index (χ2v) is 6.66. The van der Waals surface area contributed by atoms with Gasteiger partial charge in [-0.15, -0.1) is 0 Å². The Balaban J connectivity index is 1.86. The number of nitrogens with one attached hydrogen (secondary N) is 1. The second-order valence-electron chi connectivity index (χ2n) is 6.66. The molecule has 0 unspecified atom stereocenters. The molecular weight excluding hydrogens is 332 g/mol. The number of aromatic amines is 1. The summed E-state index contributed by atoms with van der Waals surface area (Å²) in [5.74, 6) is 1.32. The van der Waals surface area contributed by atoms with Crippen molar-refractivity contribution in [3.8, 4) is 11.5 Å². The molecular formula is C20H24N2O4. The molecule has 1 atom stereocenters. The van der Waals surface area contributed by atoms with Gasteiger partial charge in [0.25, 0.3) is 11.5 Å². The number of benzene rings is 1. The number of aryl methyl sites for hydroxylation is 2. The van der Waals surface area contributed by atoms with Crippen LogP contribution in [0.4, 0.5) is 0 Å². The van der Waals surface area contributed by atoms with Crippen molar-refractivity contribution in [3.63, 3.8) is 0 Å². The van der Waals surface area contributed by atoms with Gasteiger partial charge in [0.1, 0.15) is 5.56 Å². The highest BCUT2D eigenvalue weighted by molar-refractivity contribution is 5.95. The van der Waals surface area contributed by atoms with Crippen LogP contribution in [0.3, 0.4) is 0 Å². The van der Waals surface area contributed by atoms with Gasteiger partial charge in [-0.25, -0.2) is 0 Å². The number of hydrogen-bond donors (Lipinski definition) is 1. The first kappa shape index (κ1) is 18.0. The molecule has 0 radical (unpaired) electrons. The van der Waals surface area contributed by atoms with E-state index in [1.165, 1.54) is 0 Å². The number of pyridine rings is 1. The zero-order valence-electron chi connectivity index (χ0n) is 15.6. The minimum Gasteiger partial charge on any atom is -0.493 e. The summed E-state index contributed by atoms with van der Waals surface area (Å²) in [5, 5.41) is 0. The van der Waals surface area contributed by atoms with Gasteiger partial charge in [-0.2, -0.15) is 0 Å². The molecule has 6 heteroatoms. The van der Waals surface area contributed by atoms with Crippen molar-refractivity contribution in [2.24, 2.45) is 0 Å². The van der Waals surface area contributed by atoms with Crippen LogP contribution < -0.4 is 15.0 Å². The molecule has 1 fully saturated rings. The summed E-state index contributed by atoms with van der Waals surface area (Å²) in [5.41, 5.74) is 2.39. The molecule has 1 aromatic carbocycles. The van der Waals surface area contributed by atoms with Crippen molar-refractivity contribution >= 4 is 5.91 Å². The SMILES string of the molecule is COc1cccc([C@@H]2CCN(C(=O)c3c(C)cc(C)[nH]c3=O)C2)c1OC. The van der Waals surface area contributed by atoms with Crippen LogP contribution in [0.2, 0.25) is 0 Å². The van der Waals surface area contributed by atoms with Crippen LogP contribution in [-0.2, 0) is 0 Å². The lowest BCUT2D eigenvalue weighted by Gasteiger charge is -2.19. The Kier molecular flexibility index (Phi) is 5.02. The van der Waals surface area contributed by atoms with Gasteiger partial charge in [-0.1, -0.05) is 12.1 Å². The smallest absolute Gasteiger partial charge is 0.261 e. The maximum absolute atomic E-state index is 12.9. The number of H-pyrrole nitrogens is 1. The predicted octanol–water partition coefficient (Wildman–Crippen LogP) is 2.64. The van der Waals surface area contributed by atoms with Gasteiger partial charge in [0.05, 0.1) is 14.2 Å². The van der Waals surface area contributed by atoms with E-state index < -0.39 is 0 Å². The zero-order chi connectivity index (χ0) is 18.8. The van der Waals surface area contributed by atoms with E-state index >= 15 is 0 Å². The van der Waals surface area contributed by atoms with Gasteiger partial charge >= 0.3 is 0 Å². The lowest BCUT2D eigenvalue weighted by molar-refractivity contribution is 0.0788. The molecule has 1 saturated heterocycles. The molecule has 1 aromatic heterocycles. The van der Waals surface area contributed by atoms with E-state index in [0.717, 1.165) is 17.7 Å². The van der Waals surface area contributed by atoms with Crippen molar-refractivity contribution in [2.75, 3.05) is 27.3 Å². The fraction of sp³-hybridized carbons (Fsp3) is 0.400. The molecule has 1 amide bonds. The lowest BCUT2D eigenvalue weighted by atomic mass is 9.97. The van der Waals surface area contributed by atoms with Gasteiger partial charge in [0.15, 0.2) is 11.5 Å². The number of nitrogens with zero attached hydrogens (tertiary/aromatic N) is 1. The topological polar surface area (TPSA) is 71.6 Å². The number of rotatable bonds is 4. The van der Waals surface area contributed by atoms with Crippen LogP contribution >= 0.6 is 0 Å². The highest BCUT2D eigenvalue weighted by Crippen LogP contribution is 2.39. The lowest BCUT2D eigenvalue weighted by Crippen LogP contribution is -2.34. The van der Waals surface area contributed by atoms with Crippen LogP contribution in [0.15, 0.2) is 29.1 Å². The third-order valence-electron chi connectivity index (χ3n) is 4.93. The number of methoxy groups -OCH3 is 2. The van der Waals surface area contributed by atoms with Crippen LogP contribution in [0.5, 0.6) is 11.5 Å². The number of amides is 1. The minimum atomic E-state index is -0.324. The fourth-order valence-corrected chi connectivity index (χ4v) is 3.71. The molecule has 6 nitrogen and oxygen atoms in total. The summed E-state index contributed by atoms with van der Waals surface area (Å²) in [4.78, 5) is 29.6. The van der Waals surface area contributed by atoms with Crippen molar-refractivity contribution in [1.29, 1.82) is 0 Å². The molecule has 0 aliphatic carbocycles. The first-order valence-corrected chi connectivity index (χ1v) is 8.67. The fourth-order valence-electron chi connectivity index (χ4n) is 3.71. The Morgan fingerprint density at radius 2 is 2.00 bits per heavy atom. The summed E-state index contributed by atoms with van der Waals surface area (Å²) in [6.07, 6.45) is 0.818. The highest BCUT2D eigenvalue weighted by Gasteiger charge is 2.32. The standard InChI is InChI=1S/C20H24N2O4/c1-12-10-13(2)21-19(23)17(12)20(24)22-9-8-14(11-22)15-6-5-7-16(25-3)18(15)26-4/h5-7,10,14H,8-9,11H2,1-4H3,(H,21,23)/t14-/m1/s1. The van der Waals surface area contributed by atoms with Crippen molar-refractivity contribution < 1.29 is 14.3 Å². The molecule has 1 N–H and O–H groups in total. The van der Waals surface area contributed by atoms with Gasteiger partial charge < -0.3 is 19.4 Å². The molecule has 138 valence electrons. The Morgan fingerprint density at radius 3 is 2.65 bits per heavy atom. The number of para-hydroxylation sites is 1. The van der Waals surface area contributed by atoms with Crippen molar-refractivity contribution in [2.45, 2.75) is 26.2 Å². The Hall–Kier alpha value is -2.76. The Labute approximate surface area is 152 Å². The maximum Gasteiger partial charge on any atom is 0.261 e. The molecule has 3 rings (SSSR count). The number of carbonyl (C=O) groups excluding carboxylic acids is 1. The molecule has 2 heterocycles. The quantitative estimate of drug-likeness (QED) is 0.914. The average molecular weight is 356 g/mol. The second kappa shape index (κ2) is 7.23. The van der Waals surface area contributed by atoms with Crippen LogP contribution in [0.25, 0.3) is 0 Å². The molecule has 1 aliphatic rings. The van der Waals surface area contributed by atoms with E-state index in [-0.39, 0.29) is 22.9 Å². The predicted molar refractivity (Wildman–Crippen MR) is 99.3 cm³/mol. The Morgan fingerprint density at radius 1 is 1.23 bits per heavy atom. The monoisotopic (exact) mass is 356 g/mol. The number of likely N-dealkylation sites (tertiary alicyclic amines) is 1. The van der Waals surface area contributed by atoms with E-state index in [4.69, 9.17) is 9.47 Å². The van der Waals surface area contributed by atoms with E-state index in [1.54, 1.807) is 26.0 Å². The molecule has 0 bridgehead atoms. The van der Waals surface area contributed by atoms with Crippen LogP contribution in [0, 0.1) is 13.8 Å². The van der Waals surface area contributed by atoms with E-state index in [0.29, 0.717) is 30.2 Å². The summed E-state index contributed by atoms with van der Waals surface area (Å²) >= 11 is 0. The van der Waals surface area contributed by atoms with Crippen LogP contribution in [0.1, 0.15) is 39.5 Å². The average Bonchev–Trinajstić information content (AvgIpc) is 3.09. The molecule has 26 heavy (non-hydrogen) atoms. The number of hydrogen-bond acceptors (Lipinski definition) is 4. The van der Waals surface area contributed by atoms with Gasteiger partial charge in [0, 0.05) is 30.3 Å². The van der Waals surface area contributed by atoms with E-state index in [2.05, 4.69) is 4.98 Å². The number of aromatic nitrogens is 1. The molecule has 0 spiro atoms. The first-order chi connectivity index (χ1) is 12.5. The third-order valence-corrected chi connectivity index (χ3v) is 4.93. The van der Waals surface area contributed by atoms with Crippen molar-refractivity contribution in [3.05, 3.63) is 57.0 Å². The number of carbonyl (C=O) groups is 1. The molecule has 1 aliphatic heterocycles. The number of ether oxygens (including phenoxy) is 2. The van der Waals surface area contributed by atoms with Crippen molar-refractivity contribution in [1.82, 2.24) is 9.88 Å². The normalized spacial score (nSPS) is 16.6. The minimum absolute atomic E-state index is 0.147.